The number of rotatable bonds is 5. The Kier molecular flexibility index (Phi) is 4.71. The van der Waals surface area contributed by atoms with Crippen molar-refractivity contribution in [1.29, 1.82) is 0 Å². The minimum atomic E-state index is 1.08. The molecule has 2 heterocycles. The molecule has 0 unspecified atom stereocenters. The van der Waals surface area contributed by atoms with Crippen molar-refractivity contribution in [1.82, 2.24) is 9.88 Å². The van der Waals surface area contributed by atoms with Gasteiger partial charge in [-0.05, 0) is 67.1 Å². The molecule has 1 aliphatic heterocycles. The van der Waals surface area contributed by atoms with Crippen LogP contribution in [0.4, 0.5) is 0 Å². The normalized spacial score (nSPS) is 15.5. The van der Waals surface area contributed by atoms with E-state index in [1.165, 1.54) is 52.7 Å². The van der Waals surface area contributed by atoms with E-state index < -0.39 is 0 Å². The molecule has 0 aliphatic carbocycles. The molecule has 128 valence electrons. The van der Waals surface area contributed by atoms with Crippen LogP contribution in [0.2, 0.25) is 0 Å². The molecule has 1 N–H and O–H groups in total. The summed E-state index contributed by atoms with van der Waals surface area (Å²) in [7, 11) is 0. The van der Waals surface area contributed by atoms with Gasteiger partial charge in [-0.25, -0.2) is 0 Å². The van der Waals surface area contributed by atoms with Crippen LogP contribution in [-0.4, -0.2) is 29.5 Å². The zero-order chi connectivity index (χ0) is 17.1. The molecule has 4 rings (SSSR count). The van der Waals surface area contributed by atoms with E-state index in [9.17, 15) is 0 Å². The molecule has 2 heteroatoms. The molecule has 0 bridgehead atoms. The number of nitrogens with one attached hydrogen (secondary N) is 1. The molecule has 0 saturated heterocycles. The summed E-state index contributed by atoms with van der Waals surface area (Å²) in [4.78, 5) is 5.89. The molecule has 0 amide bonds. The summed E-state index contributed by atoms with van der Waals surface area (Å²) >= 11 is 0. The summed E-state index contributed by atoms with van der Waals surface area (Å²) in [6, 6.07) is 17.5. The Hall–Kier alpha value is -2.32. The lowest BCUT2D eigenvalue weighted by Gasteiger charge is -2.27. The zero-order valence-electron chi connectivity index (χ0n) is 15.0. The zero-order valence-corrected chi connectivity index (χ0v) is 15.0. The second-order valence-corrected chi connectivity index (χ2v) is 7.05. The van der Waals surface area contributed by atoms with Crippen LogP contribution in [0.3, 0.4) is 0 Å². The number of hydrogen-bond donors (Lipinski definition) is 1. The fraction of sp³-hybridized carbons (Fsp3) is 0.304. The molecule has 1 aromatic heterocycles. The van der Waals surface area contributed by atoms with Gasteiger partial charge in [0.2, 0.25) is 0 Å². The van der Waals surface area contributed by atoms with Gasteiger partial charge in [-0.1, -0.05) is 42.5 Å². The van der Waals surface area contributed by atoms with Gasteiger partial charge >= 0.3 is 0 Å². The summed E-state index contributed by atoms with van der Waals surface area (Å²) in [5, 5.41) is 1.38. The molecule has 0 atom stereocenters. The average Bonchev–Trinajstić information content (AvgIpc) is 3.13. The summed E-state index contributed by atoms with van der Waals surface area (Å²) in [6.07, 6.45) is 8.01. The first-order valence-electron chi connectivity index (χ1n) is 9.33. The largest absolute Gasteiger partial charge is 0.361 e. The van der Waals surface area contributed by atoms with Gasteiger partial charge in [0, 0.05) is 30.2 Å². The van der Waals surface area contributed by atoms with Crippen molar-refractivity contribution in [2.24, 2.45) is 0 Å². The molecule has 0 spiro atoms. The van der Waals surface area contributed by atoms with Crippen molar-refractivity contribution < 1.29 is 0 Å². The maximum absolute atomic E-state index is 3.31. The van der Waals surface area contributed by atoms with Crippen molar-refractivity contribution in [2.45, 2.75) is 26.2 Å². The SMILES string of the molecule is Cc1ccccc1C1=CCN(CCCc2cccc3[nH]ccc23)CC1. The van der Waals surface area contributed by atoms with Gasteiger partial charge in [0.15, 0.2) is 0 Å². The number of aryl methyl sites for hydroxylation is 2. The third-order valence-electron chi connectivity index (χ3n) is 5.39. The van der Waals surface area contributed by atoms with Gasteiger partial charge in [0.1, 0.15) is 0 Å². The number of fused-ring (bicyclic) bond motifs is 1. The molecule has 3 aromatic rings. The van der Waals surface area contributed by atoms with Crippen LogP contribution in [0, 0.1) is 6.92 Å². The van der Waals surface area contributed by atoms with Crippen molar-refractivity contribution in [3.63, 3.8) is 0 Å². The molecule has 0 saturated carbocycles. The summed E-state index contributed by atoms with van der Waals surface area (Å²) < 4.78 is 0. The van der Waals surface area contributed by atoms with E-state index in [4.69, 9.17) is 0 Å². The molecular weight excluding hydrogens is 304 g/mol. The predicted octanol–water partition coefficient (Wildman–Crippen LogP) is 5.20. The maximum Gasteiger partial charge on any atom is 0.0456 e. The minimum Gasteiger partial charge on any atom is -0.361 e. The summed E-state index contributed by atoms with van der Waals surface area (Å²) in [6.45, 7) is 5.65. The molecule has 25 heavy (non-hydrogen) atoms. The third-order valence-corrected chi connectivity index (χ3v) is 5.39. The van der Waals surface area contributed by atoms with Gasteiger partial charge in [-0.3, -0.25) is 4.90 Å². The van der Waals surface area contributed by atoms with E-state index in [1.807, 2.05) is 6.20 Å². The lowest BCUT2D eigenvalue weighted by molar-refractivity contribution is 0.298. The van der Waals surface area contributed by atoms with Crippen LogP contribution in [0.15, 0.2) is 60.8 Å². The van der Waals surface area contributed by atoms with Crippen molar-refractivity contribution in [3.05, 3.63) is 77.5 Å². The quantitative estimate of drug-likeness (QED) is 0.681. The Morgan fingerprint density at radius 2 is 1.96 bits per heavy atom. The Labute approximate surface area is 150 Å². The van der Waals surface area contributed by atoms with E-state index in [-0.39, 0.29) is 0 Å². The predicted molar refractivity (Wildman–Crippen MR) is 107 cm³/mol. The number of benzene rings is 2. The molecule has 0 fully saturated rings. The first kappa shape index (κ1) is 16.2. The Morgan fingerprint density at radius 1 is 1.04 bits per heavy atom. The van der Waals surface area contributed by atoms with Crippen molar-refractivity contribution >= 4 is 16.5 Å². The van der Waals surface area contributed by atoms with Crippen LogP contribution in [0.5, 0.6) is 0 Å². The number of nitrogens with zero attached hydrogens (tertiary/aromatic N) is 1. The van der Waals surface area contributed by atoms with Crippen molar-refractivity contribution in [3.8, 4) is 0 Å². The fourth-order valence-corrected chi connectivity index (χ4v) is 3.95. The number of aromatic amines is 1. The Morgan fingerprint density at radius 3 is 2.80 bits per heavy atom. The number of hydrogen-bond acceptors (Lipinski definition) is 1. The topological polar surface area (TPSA) is 19.0 Å². The van der Waals surface area contributed by atoms with Crippen LogP contribution >= 0.6 is 0 Å². The molecule has 2 nitrogen and oxygen atoms in total. The number of aromatic nitrogens is 1. The third kappa shape index (κ3) is 3.54. The number of H-pyrrole nitrogens is 1. The van der Waals surface area contributed by atoms with E-state index in [0.29, 0.717) is 0 Å². The van der Waals surface area contributed by atoms with Gasteiger partial charge in [0.05, 0.1) is 0 Å². The van der Waals surface area contributed by atoms with Crippen LogP contribution in [0.1, 0.15) is 29.5 Å². The first-order valence-corrected chi connectivity index (χ1v) is 9.33. The van der Waals surface area contributed by atoms with Crippen LogP contribution in [-0.2, 0) is 6.42 Å². The van der Waals surface area contributed by atoms with E-state index >= 15 is 0 Å². The smallest absolute Gasteiger partial charge is 0.0456 e. The van der Waals surface area contributed by atoms with Crippen LogP contribution in [0.25, 0.3) is 16.5 Å². The molecule has 0 radical (unpaired) electrons. The second-order valence-electron chi connectivity index (χ2n) is 7.05. The highest BCUT2D eigenvalue weighted by Crippen LogP contribution is 2.25. The second kappa shape index (κ2) is 7.28. The molecule has 2 aromatic carbocycles. The van der Waals surface area contributed by atoms with E-state index in [2.05, 4.69) is 71.4 Å². The van der Waals surface area contributed by atoms with Gasteiger partial charge in [0.25, 0.3) is 0 Å². The average molecular weight is 330 g/mol. The maximum atomic E-state index is 3.31. The highest BCUT2D eigenvalue weighted by atomic mass is 15.1. The highest BCUT2D eigenvalue weighted by Gasteiger charge is 2.14. The van der Waals surface area contributed by atoms with Crippen LogP contribution < -0.4 is 0 Å². The fourth-order valence-electron chi connectivity index (χ4n) is 3.95. The van der Waals surface area contributed by atoms with Gasteiger partial charge in [-0.15, -0.1) is 0 Å². The highest BCUT2D eigenvalue weighted by molar-refractivity contribution is 5.82. The van der Waals surface area contributed by atoms with Gasteiger partial charge < -0.3 is 4.98 Å². The Bertz CT molecular complexity index is 888. The monoisotopic (exact) mass is 330 g/mol. The summed E-state index contributed by atoms with van der Waals surface area (Å²) in [5.41, 5.74) is 7.06. The lowest BCUT2D eigenvalue weighted by Crippen LogP contribution is -2.29. The molecular formula is C23H26N2. The van der Waals surface area contributed by atoms with E-state index in [0.717, 1.165) is 19.4 Å². The first-order chi connectivity index (χ1) is 12.3. The Balaban J connectivity index is 1.33. The summed E-state index contributed by atoms with van der Waals surface area (Å²) in [5.74, 6) is 0. The van der Waals surface area contributed by atoms with Gasteiger partial charge in [-0.2, -0.15) is 0 Å². The van der Waals surface area contributed by atoms with E-state index in [1.54, 1.807) is 0 Å². The standard InChI is InChI=1S/C23H26N2/c1-18-6-2-3-9-21(18)20-12-16-25(17-13-20)15-5-8-19-7-4-10-23-22(19)11-14-24-23/h2-4,6-7,9-12,14,24H,5,8,13,15-17H2,1H3. The van der Waals surface area contributed by atoms with Crippen molar-refractivity contribution in [2.75, 3.05) is 19.6 Å². The minimum absolute atomic E-state index is 1.08. The lowest BCUT2D eigenvalue weighted by atomic mass is 9.95. The molecule has 1 aliphatic rings.